The Labute approximate surface area is 140 Å². The molecule has 0 unspecified atom stereocenters. The van der Waals surface area contributed by atoms with Gasteiger partial charge < -0.3 is 15.1 Å². The molecule has 130 valence electrons. The molecule has 0 amide bonds. The molecule has 0 saturated carbocycles. The number of non-ortho nitro benzene ring substituents is 1. The predicted molar refractivity (Wildman–Crippen MR) is 87.6 cm³/mol. The summed E-state index contributed by atoms with van der Waals surface area (Å²) in [4.78, 5) is 48.9. The van der Waals surface area contributed by atoms with Crippen molar-refractivity contribution < 1.29 is 14.8 Å². The van der Waals surface area contributed by atoms with Gasteiger partial charge in [0.2, 0.25) is 0 Å². The number of nitrogens with one attached hydrogen (secondary N) is 3. The Morgan fingerprint density at radius 2 is 1.88 bits per heavy atom. The molecule has 11 heteroatoms. The molecular formula is C13H15ClN4O6. The molecule has 0 spiro atoms. The fourth-order valence-corrected chi connectivity index (χ4v) is 1.92. The second-order valence-electron chi connectivity index (χ2n) is 5.48. The number of carboxylic acid groups (broad SMARTS) is 1. The summed E-state index contributed by atoms with van der Waals surface area (Å²) in [6.07, 6.45) is 0. The Kier molecular flexibility index (Phi) is 5.48. The molecular weight excluding hydrogens is 344 g/mol. The van der Waals surface area contributed by atoms with Crippen LogP contribution in [0, 0.1) is 10.1 Å². The van der Waals surface area contributed by atoms with Crippen LogP contribution in [0.5, 0.6) is 0 Å². The van der Waals surface area contributed by atoms with E-state index < -0.39 is 27.6 Å². The largest absolute Gasteiger partial charge is 0.480 e. The SMILES string of the molecule is CC(C)(NCc1cc([N+](=O)[O-])cc2[nH]c(=O)c(=O)[nH]c12)C(=O)O.Cl. The number of rotatable bonds is 5. The van der Waals surface area contributed by atoms with Gasteiger partial charge in [-0.25, -0.2) is 0 Å². The van der Waals surface area contributed by atoms with Gasteiger partial charge in [-0.3, -0.25) is 29.8 Å². The molecule has 1 heterocycles. The van der Waals surface area contributed by atoms with Crippen molar-refractivity contribution in [3.63, 3.8) is 0 Å². The second-order valence-corrected chi connectivity index (χ2v) is 5.48. The van der Waals surface area contributed by atoms with E-state index in [2.05, 4.69) is 15.3 Å². The van der Waals surface area contributed by atoms with Crippen LogP contribution in [0.4, 0.5) is 5.69 Å². The highest BCUT2D eigenvalue weighted by Crippen LogP contribution is 2.22. The lowest BCUT2D eigenvalue weighted by atomic mass is 10.0. The lowest BCUT2D eigenvalue weighted by Crippen LogP contribution is -2.46. The summed E-state index contributed by atoms with van der Waals surface area (Å²) in [5.41, 5.74) is -2.81. The van der Waals surface area contributed by atoms with Crippen LogP contribution in [-0.4, -0.2) is 31.5 Å². The molecule has 2 aromatic rings. The highest BCUT2D eigenvalue weighted by atomic mass is 35.5. The number of carboxylic acids is 1. The average Bonchev–Trinajstić information content (AvgIpc) is 2.45. The Hall–Kier alpha value is -2.72. The van der Waals surface area contributed by atoms with Crippen molar-refractivity contribution >= 4 is 35.1 Å². The lowest BCUT2D eigenvalue weighted by Gasteiger charge is -2.21. The van der Waals surface area contributed by atoms with Crippen LogP contribution in [0.1, 0.15) is 19.4 Å². The van der Waals surface area contributed by atoms with E-state index in [9.17, 15) is 24.5 Å². The third-order valence-electron chi connectivity index (χ3n) is 3.36. The van der Waals surface area contributed by atoms with Gasteiger partial charge >= 0.3 is 17.1 Å². The van der Waals surface area contributed by atoms with Gasteiger partial charge in [-0.15, -0.1) is 12.4 Å². The van der Waals surface area contributed by atoms with Gasteiger partial charge in [0.05, 0.1) is 16.0 Å². The fraction of sp³-hybridized carbons (Fsp3) is 0.308. The summed E-state index contributed by atoms with van der Waals surface area (Å²) in [6, 6.07) is 2.33. The van der Waals surface area contributed by atoms with E-state index in [4.69, 9.17) is 5.11 Å². The number of hydrogen-bond donors (Lipinski definition) is 4. The van der Waals surface area contributed by atoms with Crippen molar-refractivity contribution in [2.75, 3.05) is 0 Å². The van der Waals surface area contributed by atoms with Gasteiger partial charge in [0.15, 0.2) is 0 Å². The summed E-state index contributed by atoms with van der Waals surface area (Å²) < 4.78 is 0. The van der Waals surface area contributed by atoms with Crippen molar-refractivity contribution in [3.8, 4) is 0 Å². The van der Waals surface area contributed by atoms with Gasteiger partial charge in [0.1, 0.15) is 5.54 Å². The van der Waals surface area contributed by atoms with E-state index in [1.807, 2.05) is 0 Å². The molecule has 0 fully saturated rings. The number of aromatic amines is 2. The molecule has 10 nitrogen and oxygen atoms in total. The first kappa shape index (κ1) is 19.3. The number of nitro benzene ring substituents is 1. The maximum atomic E-state index is 11.5. The summed E-state index contributed by atoms with van der Waals surface area (Å²) in [7, 11) is 0. The summed E-state index contributed by atoms with van der Waals surface area (Å²) in [5.74, 6) is -1.10. The minimum atomic E-state index is -1.28. The molecule has 0 aliphatic rings. The van der Waals surface area contributed by atoms with Crippen LogP contribution in [-0.2, 0) is 11.3 Å². The molecule has 1 aromatic carbocycles. The number of aliphatic carboxylic acids is 1. The number of nitrogens with zero attached hydrogens (tertiary/aromatic N) is 1. The number of nitro groups is 1. The number of benzene rings is 1. The topological polar surface area (TPSA) is 158 Å². The van der Waals surface area contributed by atoms with E-state index in [1.54, 1.807) is 0 Å². The third kappa shape index (κ3) is 3.78. The maximum absolute atomic E-state index is 11.5. The normalized spacial score (nSPS) is 11.1. The van der Waals surface area contributed by atoms with Crippen LogP contribution in [0.25, 0.3) is 11.0 Å². The van der Waals surface area contributed by atoms with E-state index in [-0.39, 0.29) is 41.2 Å². The van der Waals surface area contributed by atoms with Crippen LogP contribution >= 0.6 is 12.4 Å². The van der Waals surface area contributed by atoms with Gasteiger partial charge in [-0.2, -0.15) is 0 Å². The first-order chi connectivity index (χ1) is 10.6. The van der Waals surface area contributed by atoms with Crippen LogP contribution < -0.4 is 16.4 Å². The van der Waals surface area contributed by atoms with Crippen LogP contribution in [0.2, 0.25) is 0 Å². The predicted octanol–water partition coefficient (Wildman–Crippen LogP) is 0.499. The molecule has 0 bridgehead atoms. The smallest absolute Gasteiger partial charge is 0.323 e. The molecule has 0 aliphatic carbocycles. The fourth-order valence-electron chi connectivity index (χ4n) is 1.92. The van der Waals surface area contributed by atoms with Crippen molar-refractivity contribution in [1.29, 1.82) is 0 Å². The number of carbonyl (C=O) groups is 1. The monoisotopic (exact) mass is 358 g/mol. The standard InChI is InChI=1S/C13H14N4O6.ClH/c1-13(2,12(20)21)14-5-6-3-7(17(22)23)4-8-9(6)16-11(19)10(18)15-8;/h3-4,14H,5H2,1-2H3,(H,15,18)(H,16,19)(H,20,21);1H. The molecule has 0 radical (unpaired) electrons. The molecule has 1 aromatic heterocycles. The molecule has 24 heavy (non-hydrogen) atoms. The van der Waals surface area contributed by atoms with E-state index in [0.29, 0.717) is 0 Å². The zero-order valence-corrected chi connectivity index (χ0v) is 13.5. The minimum absolute atomic E-state index is 0. The van der Waals surface area contributed by atoms with Gasteiger partial charge in [-0.05, 0) is 19.4 Å². The number of aromatic nitrogens is 2. The minimum Gasteiger partial charge on any atom is -0.480 e. The number of halogens is 1. The quantitative estimate of drug-likeness (QED) is 0.344. The second kappa shape index (κ2) is 6.81. The molecule has 0 atom stereocenters. The van der Waals surface area contributed by atoms with Crippen molar-refractivity contribution in [2.45, 2.75) is 25.9 Å². The van der Waals surface area contributed by atoms with Gasteiger partial charge in [0, 0.05) is 18.7 Å². The van der Waals surface area contributed by atoms with Crippen molar-refractivity contribution in [1.82, 2.24) is 15.3 Å². The lowest BCUT2D eigenvalue weighted by molar-refractivity contribution is -0.384. The molecule has 0 saturated heterocycles. The van der Waals surface area contributed by atoms with Gasteiger partial charge in [0.25, 0.3) is 5.69 Å². The zero-order chi connectivity index (χ0) is 17.4. The van der Waals surface area contributed by atoms with Crippen LogP contribution in [0.3, 0.4) is 0 Å². The first-order valence-corrected chi connectivity index (χ1v) is 6.54. The third-order valence-corrected chi connectivity index (χ3v) is 3.36. The van der Waals surface area contributed by atoms with E-state index >= 15 is 0 Å². The highest BCUT2D eigenvalue weighted by molar-refractivity contribution is 5.85. The van der Waals surface area contributed by atoms with Crippen molar-refractivity contribution in [2.24, 2.45) is 0 Å². The Morgan fingerprint density at radius 1 is 1.29 bits per heavy atom. The number of hydrogen-bond acceptors (Lipinski definition) is 6. The summed E-state index contributed by atoms with van der Waals surface area (Å²) in [5, 5.41) is 22.8. The average molecular weight is 359 g/mol. The van der Waals surface area contributed by atoms with Gasteiger partial charge in [-0.1, -0.05) is 0 Å². The Morgan fingerprint density at radius 3 is 2.42 bits per heavy atom. The number of H-pyrrole nitrogens is 2. The highest BCUT2D eigenvalue weighted by Gasteiger charge is 2.26. The molecule has 0 aliphatic heterocycles. The first-order valence-electron chi connectivity index (χ1n) is 6.54. The van der Waals surface area contributed by atoms with Crippen LogP contribution in [0.15, 0.2) is 21.7 Å². The van der Waals surface area contributed by atoms with E-state index in [1.165, 1.54) is 19.9 Å². The van der Waals surface area contributed by atoms with E-state index in [0.717, 1.165) is 6.07 Å². The molecule has 4 N–H and O–H groups in total. The van der Waals surface area contributed by atoms with Crippen molar-refractivity contribution in [3.05, 3.63) is 48.5 Å². The zero-order valence-electron chi connectivity index (χ0n) is 12.7. The Balaban J connectivity index is 0.00000288. The summed E-state index contributed by atoms with van der Waals surface area (Å²) >= 11 is 0. The summed E-state index contributed by atoms with van der Waals surface area (Å²) in [6.45, 7) is 2.80. The Bertz CT molecular complexity index is 917. The molecule has 2 rings (SSSR count). The maximum Gasteiger partial charge on any atom is 0.323 e. The number of fused-ring (bicyclic) bond motifs is 1.